The van der Waals surface area contributed by atoms with E-state index in [2.05, 4.69) is 4.99 Å². The van der Waals surface area contributed by atoms with E-state index in [1.165, 1.54) is 0 Å². The van der Waals surface area contributed by atoms with Gasteiger partial charge < -0.3 is 5.11 Å². The number of aliphatic imine (C=N–C) groups is 1. The van der Waals surface area contributed by atoms with Crippen LogP contribution in [0.3, 0.4) is 0 Å². The summed E-state index contributed by atoms with van der Waals surface area (Å²) < 4.78 is 39.0. The van der Waals surface area contributed by atoms with Crippen LogP contribution in [0.15, 0.2) is 41.4 Å². The van der Waals surface area contributed by atoms with E-state index >= 15 is 0 Å². The molecule has 0 unspecified atom stereocenters. The number of carboxylic acids is 1. The summed E-state index contributed by atoms with van der Waals surface area (Å²) in [7, 11) is 0. The normalized spacial score (nSPS) is 13.7. The van der Waals surface area contributed by atoms with Crippen LogP contribution in [0.5, 0.6) is 0 Å². The molecule has 0 aromatic heterocycles. The summed E-state index contributed by atoms with van der Waals surface area (Å²) in [5.74, 6) is -1.26. The number of nitrogens with zero attached hydrogens (tertiary/aromatic N) is 1. The molecular weight excluding hydrogens is 307 g/mol. The van der Waals surface area contributed by atoms with Crippen LogP contribution in [0.25, 0.3) is 11.1 Å². The van der Waals surface area contributed by atoms with E-state index in [0.29, 0.717) is 18.5 Å². The molecule has 118 valence electrons. The van der Waals surface area contributed by atoms with Crippen molar-refractivity contribution in [2.24, 2.45) is 4.99 Å². The fourth-order valence-corrected chi connectivity index (χ4v) is 2.71. The maximum Gasteiger partial charge on any atom is 0.416 e. The predicted molar refractivity (Wildman–Crippen MR) is 79.7 cm³/mol. The number of rotatable bonds is 2. The topological polar surface area (TPSA) is 49.7 Å². The molecule has 0 amide bonds. The first-order valence-electron chi connectivity index (χ1n) is 6.92. The summed E-state index contributed by atoms with van der Waals surface area (Å²) >= 11 is 0. The number of alkyl halides is 3. The average molecular weight is 319 g/mol. The molecule has 6 heteroatoms. The van der Waals surface area contributed by atoms with Gasteiger partial charge in [0.05, 0.1) is 17.7 Å². The summed E-state index contributed by atoms with van der Waals surface area (Å²) in [4.78, 5) is 15.6. The number of carboxylic acid groups (broad SMARTS) is 1. The lowest BCUT2D eigenvalue weighted by molar-refractivity contribution is -0.137. The molecule has 0 saturated heterocycles. The van der Waals surface area contributed by atoms with Gasteiger partial charge in [0.25, 0.3) is 0 Å². The molecule has 0 aliphatic carbocycles. The highest BCUT2D eigenvalue weighted by atomic mass is 19.4. The van der Waals surface area contributed by atoms with E-state index < -0.39 is 17.7 Å². The molecule has 0 saturated carbocycles. The number of fused-ring (bicyclic) bond motifs is 1. The zero-order valence-corrected chi connectivity index (χ0v) is 11.9. The molecule has 0 spiro atoms. The molecule has 2 aromatic carbocycles. The van der Waals surface area contributed by atoms with Crippen molar-refractivity contribution in [3.05, 3.63) is 58.7 Å². The molecule has 1 heterocycles. The van der Waals surface area contributed by atoms with Crippen LogP contribution in [0.4, 0.5) is 13.2 Å². The zero-order valence-electron chi connectivity index (χ0n) is 11.9. The lowest BCUT2D eigenvalue weighted by Gasteiger charge is -2.18. The van der Waals surface area contributed by atoms with E-state index in [1.807, 2.05) is 6.07 Å². The van der Waals surface area contributed by atoms with Gasteiger partial charge in [-0.25, -0.2) is 4.79 Å². The van der Waals surface area contributed by atoms with Crippen LogP contribution in [0.1, 0.15) is 27.0 Å². The molecule has 3 rings (SSSR count). The third-order valence-electron chi connectivity index (χ3n) is 3.83. The smallest absolute Gasteiger partial charge is 0.416 e. The van der Waals surface area contributed by atoms with Crippen LogP contribution in [0, 0.1) is 0 Å². The molecule has 1 aliphatic rings. The molecule has 23 heavy (non-hydrogen) atoms. The van der Waals surface area contributed by atoms with Gasteiger partial charge in [-0.05, 0) is 40.5 Å². The molecule has 2 aromatic rings. The number of hydrogen-bond acceptors (Lipinski definition) is 2. The SMILES string of the molecule is O=C(O)c1ccc(C(F)(F)F)cc1-c1cccc2c1CN=CC2. The van der Waals surface area contributed by atoms with Crippen molar-refractivity contribution < 1.29 is 23.1 Å². The van der Waals surface area contributed by atoms with Crippen LogP contribution < -0.4 is 0 Å². The minimum Gasteiger partial charge on any atom is -0.478 e. The Bertz CT molecular complexity index is 810. The molecule has 0 atom stereocenters. The Labute approximate surface area is 130 Å². The van der Waals surface area contributed by atoms with Crippen molar-refractivity contribution in [2.75, 3.05) is 0 Å². The fraction of sp³-hybridized carbons (Fsp3) is 0.176. The summed E-state index contributed by atoms with van der Waals surface area (Å²) in [6, 6.07) is 7.93. The minimum absolute atomic E-state index is 0.0706. The largest absolute Gasteiger partial charge is 0.478 e. The average Bonchev–Trinajstić information content (AvgIpc) is 2.53. The predicted octanol–water partition coefficient (Wildman–Crippen LogP) is 4.20. The molecule has 0 fully saturated rings. The van der Waals surface area contributed by atoms with E-state index in [4.69, 9.17) is 0 Å². The van der Waals surface area contributed by atoms with Gasteiger partial charge in [0, 0.05) is 12.6 Å². The monoisotopic (exact) mass is 319 g/mol. The first kappa shape index (κ1) is 15.3. The quantitative estimate of drug-likeness (QED) is 0.902. The van der Waals surface area contributed by atoms with E-state index in [-0.39, 0.29) is 11.1 Å². The van der Waals surface area contributed by atoms with Gasteiger partial charge in [0.15, 0.2) is 0 Å². The summed E-state index contributed by atoms with van der Waals surface area (Å²) in [5.41, 5.74) is 1.27. The first-order chi connectivity index (χ1) is 10.9. The minimum atomic E-state index is -4.53. The third-order valence-corrected chi connectivity index (χ3v) is 3.83. The summed E-state index contributed by atoms with van der Waals surface area (Å²) in [6.45, 7) is 0.334. The number of carbonyl (C=O) groups is 1. The molecule has 1 aliphatic heterocycles. The van der Waals surface area contributed by atoms with Gasteiger partial charge in [0.2, 0.25) is 0 Å². The first-order valence-corrected chi connectivity index (χ1v) is 6.92. The van der Waals surface area contributed by atoms with Gasteiger partial charge in [0.1, 0.15) is 0 Å². The standard InChI is InChI=1S/C17H12F3NO2/c18-17(19,20)11-4-5-13(16(22)23)14(8-11)12-3-1-2-10-6-7-21-9-15(10)12/h1-5,7-8H,6,9H2,(H,22,23). The second-order valence-electron chi connectivity index (χ2n) is 5.23. The Balaban J connectivity index is 2.25. The van der Waals surface area contributed by atoms with Crippen molar-refractivity contribution in [3.8, 4) is 11.1 Å². The second-order valence-corrected chi connectivity index (χ2v) is 5.23. The fourth-order valence-electron chi connectivity index (χ4n) is 2.71. The van der Waals surface area contributed by atoms with Crippen molar-refractivity contribution in [1.29, 1.82) is 0 Å². The zero-order chi connectivity index (χ0) is 16.6. The maximum atomic E-state index is 13.0. The molecule has 0 radical (unpaired) electrons. The van der Waals surface area contributed by atoms with Gasteiger partial charge >= 0.3 is 12.1 Å². The van der Waals surface area contributed by atoms with Gasteiger partial charge in [-0.1, -0.05) is 18.2 Å². The van der Waals surface area contributed by atoms with E-state index in [0.717, 1.165) is 29.3 Å². The Morgan fingerprint density at radius 3 is 2.61 bits per heavy atom. The van der Waals surface area contributed by atoms with Crippen LogP contribution in [-0.4, -0.2) is 17.3 Å². The van der Waals surface area contributed by atoms with Crippen molar-refractivity contribution in [1.82, 2.24) is 0 Å². The Morgan fingerprint density at radius 2 is 1.91 bits per heavy atom. The van der Waals surface area contributed by atoms with E-state index in [9.17, 15) is 23.1 Å². The lowest BCUT2D eigenvalue weighted by atomic mass is 9.89. The second kappa shape index (κ2) is 5.53. The van der Waals surface area contributed by atoms with Gasteiger partial charge in [-0.15, -0.1) is 0 Å². The Hall–Kier alpha value is -2.63. The molecule has 3 nitrogen and oxygen atoms in total. The molecule has 0 bridgehead atoms. The third kappa shape index (κ3) is 2.84. The lowest BCUT2D eigenvalue weighted by Crippen LogP contribution is -2.09. The van der Waals surface area contributed by atoms with Crippen LogP contribution >= 0.6 is 0 Å². The number of aromatic carboxylic acids is 1. The number of hydrogen-bond donors (Lipinski definition) is 1. The molecular formula is C17H12F3NO2. The maximum absolute atomic E-state index is 13.0. The van der Waals surface area contributed by atoms with Crippen LogP contribution in [-0.2, 0) is 19.1 Å². The van der Waals surface area contributed by atoms with E-state index in [1.54, 1.807) is 18.3 Å². The summed E-state index contributed by atoms with van der Waals surface area (Å²) in [6.07, 6.45) is -2.19. The highest BCUT2D eigenvalue weighted by molar-refractivity contribution is 5.97. The number of halogens is 3. The highest BCUT2D eigenvalue weighted by Crippen LogP contribution is 2.36. The van der Waals surface area contributed by atoms with Crippen LogP contribution in [0.2, 0.25) is 0 Å². The highest BCUT2D eigenvalue weighted by Gasteiger charge is 2.32. The Morgan fingerprint density at radius 1 is 1.13 bits per heavy atom. The van der Waals surface area contributed by atoms with Gasteiger partial charge in [-0.3, -0.25) is 4.99 Å². The van der Waals surface area contributed by atoms with Crippen molar-refractivity contribution in [3.63, 3.8) is 0 Å². The Kier molecular flexibility index (Phi) is 3.67. The van der Waals surface area contributed by atoms with Gasteiger partial charge in [-0.2, -0.15) is 13.2 Å². The van der Waals surface area contributed by atoms with Crippen molar-refractivity contribution in [2.45, 2.75) is 19.1 Å². The van der Waals surface area contributed by atoms with Crippen molar-refractivity contribution >= 4 is 12.2 Å². The number of benzene rings is 2. The molecule has 1 N–H and O–H groups in total. The summed E-state index contributed by atoms with van der Waals surface area (Å²) in [5, 5.41) is 9.31.